The number of hydrogen-bond acceptors (Lipinski definition) is 5. The van der Waals surface area contributed by atoms with Crippen molar-refractivity contribution in [2.75, 3.05) is 7.11 Å². The molecule has 0 N–H and O–H groups in total. The molecule has 0 radical (unpaired) electrons. The number of fused-ring (bicyclic) bond motifs is 2. The molecule has 0 bridgehead atoms. The first kappa shape index (κ1) is 19.7. The van der Waals surface area contributed by atoms with Crippen molar-refractivity contribution in [2.45, 2.75) is 32.2 Å². The number of nitrogens with zero attached hydrogens (tertiary/aromatic N) is 2. The van der Waals surface area contributed by atoms with E-state index in [1.807, 2.05) is 5.38 Å². The number of Topliss-reactive ketones (excluding diaryl/α,β-unsaturated/α-hetero) is 1. The Labute approximate surface area is 184 Å². The summed E-state index contributed by atoms with van der Waals surface area (Å²) in [6.07, 6.45) is 6.13. The van der Waals surface area contributed by atoms with E-state index in [0.29, 0.717) is 21.5 Å². The summed E-state index contributed by atoms with van der Waals surface area (Å²) >= 11 is 1.46. The second kappa shape index (κ2) is 8.12. The molecule has 5 nitrogen and oxygen atoms in total. The molecule has 1 aliphatic carbocycles. The minimum absolute atomic E-state index is 0.0611. The Bertz CT molecular complexity index is 1350. The lowest BCUT2D eigenvalue weighted by molar-refractivity contribution is 0.0970. The molecule has 5 rings (SSSR count). The van der Waals surface area contributed by atoms with Crippen LogP contribution in [-0.2, 0) is 19.4 Å². The van der Waals surface area contributed by atoms with Crippen molar-refractivity contribution >= 4 is 27.3 Å². The van der Waals surface area contributed by atoms with Gasteiger partial charge in [-0.3, -0.25) is 14.2 Å². The number of hydrogen-bond donors (Lipinski definition) is 0. The number of aryl methyl sites for hydroxylation is 2. The van der Waals surface area contributed by atoms with Gasteiger partial charge in [-0.2, -0.15) is 0 Å². The topological polar surface area (TPSA) is 61.2 Å². The first-order chi connectivity index (χ1) is 15.1. The number of carbonyl (C=O) groups excluding carboxylic acids is 1. The van der Waals surface area contributed by atoms with E-state index in [2.05, 4.69) is 23.2 Å². The third-order valence-electron chi connectivity index (χ3n) is 5.93. The SMILES string of the molecule is COc1cccc(C(=O)Cn2cnc3scc(-c4ccc5c(c4)CCCC5)c3c2=O)c1. The molecule has 6 heteroatoms. The third kappa shape index (κ3) is 3.68. The lowest BCUT2D eigenvalue weighted by atomic mass is 9.89. The van der Waals surface area contributed by atoms with Crippen molar-refractivity contribution in [3.63, 3.8) is 0 Å². The van der Waals surface area contributed by atoms with E-state index in [9.17, 15) is 9.59 Å². The Morgan fingerprint density at radius 2 is 1.97 bits per heavy atom. The van der Waals surface area contributed by atoms with Crippen LogP contribution in [0.25, 0.3) is 21.3 Å². The zero-order valence-electron chi connectivity index (χ0n) is 17.3. The number of rotatable bonds is 5. The Morgan fingerprint density at radius 3 is 2.81 bits per heavy atom. The van der Waals surface area contributed by atoms with Crippen LogP contribution in [0.4, 0.5) is 0 Å². The predicted octanol–water partition coefficient (Wildman–Crippen LogP) is 4.90. The molecule has 0 atom stereocenters. The van der Waals surface area contributed by atoms with Gasteiger partial charge in [-0.05, 0) is 54.5 Å². The first-order valence-electron chi connectivity index (χ1n) is 10.4. The van der Waals surface area contributed by atoms with Crippen LogP contribution >= 0.6 is 11.3 Å². The largest absolute Gasteiger partial charge is 0.497 e. The molecular weight excluding hydrogens is 408 g/mol. The van der Waals surface area contributed by atoms with Gasteiger partial charge in [0.15, 0.2) is 5.78 Å². The summed E-state index contributed by atoms with van der Waals surface area (Å²) in [5, 5.41) is 2.58. The third-order valence-corrected chi connectivity index (χ3v) is 6.81. The molecule has 1 aliphatic rings. The number of carbonyl (C=O) groups is 1. The van der Waals surface area contributed by atoms with Gasteiger partial charge < -0.3 is 4.74 Å². The number of ketones is 1. The maximum atomic E-state index is 13.3. The summed E-state index contributed by atoms with van der Waals surface area (Å²) in [6, 6.07) is 13.5. The monoisotopic (exact) mass is 430 g/mol. The highest BCUT2D eigenvalue weighted by molar-refractivity contribution is 7.17. The van der Waals surface area contributed by atoms with E-state index in [1.165, 1.54) is 46.2 Å². The quantitative estimate of drug-likeness (QED) is 0.423. The van der Waals surface area contributed by atoms with Crippen LogP contribution < -0.4 is 10.3 Å². The van der Waals surface area contributed by atoms with Crippen LogP contribution in [0.1, 0.15) is 34.3 Å². The van der Waals surface area contributed by atoms with Gasteiger partial charge in [0, 0.05) is 16.5 Å². The summed E-state index contributed by atoms with van der Waals surface area (Å²) in [5.41, 5.74) is 5.05. The number of benzene rings is 2. The molecule has 4 aromatic rings. The van der Waals surface area contributed by atoms with Gasteiger partial charge in [-0.25, -0.2) is 4.98 Å². The van der Waals surface area contributed by atoms with Crippen molar-refractivity contribution < 1.29 is 9.53 Å². The minimum atomic E-state index is -0.185. The van der Waals surface area contributed by atoms with Crippen LogP contribution in [0.2, 0.25) is 0 Å². The smallest absolute Gasteiger partial charge is 0.263 e. The highest BCUT2D eigenvalue weighted by atomic mass is 32.1. The molecule has 0 unspecified atom stereocenters. The molecule has 0 aliphatic heterocycles. The molecule has 2 heterocycles. The van der Waals surface area contributed by atoms with Crippen LogP contribution in [0.15, 0.2) is 59.0 Å². The Balaban J connectivity index is 1.52. The fraction of sp³-hybridized carbons (Fsp3) is 0.240. The lowest BCUT2D eigenvalue weighted by Gasteiger charge is -2.16. The summed E-state index contributed by atoms with van der Waals surface area (Å²) in [6.45, 7) is -0.0611. The molecule has 0 amide bonds. The average molecular weight is 431 g/mol. The standard InChI is InChI=1S/C25H22N2O3S/c1-30-20-8-4-7-19(12-20)22(28)13-27-15-26-24-23(25(27)29)21(14-31-24)18-10-9-16-5-2-3-6-17(16)11-18/h4,7-12,14-15H,2-3,5-6,13H2,1H3. The van der Waals surface area contributed by atoms with Crippen molar-refractivity contribution in [1.82, 2.24) is 9.55 Å². The zero-order chi connectivity index (χ0) is 21.4. The van der Waals surface area contributed by atoms with E-state index < -0.39 is 0 Å². The van der Waals surface area contributed by atoms with E-state index in [-0.39, 0.29) is 17.9 Å². The summed E-state index contributed by atoms with van der Waals surface area (Å²) < 4.78 is 6.60. The Kier molecular flexibility index (Phi) is 5.16. The second-order valence-electron chi connectivity index (χ2n) is 7.85. The molecule has 31 heavy (non-hydrogen) atoms. The average Bonchev–Trinajstić information content (AvgIpc) is 3.25. The van der Waals surface area contributed by atoms with Crippen LogP contribution in [0.3, 0.4) is 0 Å². The molecule has 2 aromatic heterocycles. The van der Waals surface area contributed by atoms with Gasteiger partial charge in [-0.15, -0.1) is 11.3 Å². The van der Waals surface area contributed by atoms with Gasteiger partial charge in [0.05, 0.1) is 25.4 Å². The Morgan fingerprint density at radius 1 is 1.13 bits per heavy atom. The molecule has 0 fully saturated rings. The van der Waals surface area contributed by atoms with Crippen molar-refractivity contribution in [2.24, 2.45) is 0 Å². The van der Waals surface area contributed by atoms with Crippen LogP contribution in [0, 0.1) is 0 Å². The van der Waals surface area contributed by atoms with Crippen LogP contribution in [-0.4, -0.2) is 22.4 Å². The van der Waals surface area contributed by atoms with E-state index in [0.717, 1.165) is 24.0 Å². The van der Waals surface area contributed by atoms with Gasteiger partial charge in [0.2, 0.25) is 0 Å². The Hall–Kier alpha value is -3.25. The fourth-order valence-corrected chi connectivity index (χ4v) is 5.14. The van der Waals surface area contributed by atoms with Gasteiger partial charge in [0.25, 0.3) is 5.56 Å². The van der Waals surface area contributed by atoms with E-state index >= 15 is 0 Å². The maximum absolute atomic E-state index is 13.3. The highest BCUT2D eigenvalue weighted by Gasteiger charge is 2.17. The summed E-state index contributed by atoms with van der Waals surface area (Å²) in [5.74, 6) is 0.451. The molecule has 0 spiro atoms. The van der Waals surface area contributed by atoms with Gasteiger partial charge in [-0.1, -0.05) is 30.3 Å². The predicted molar refractivity (Wildman–Crippen MR) is 123 cm³/mol. The summed E-state index contributed by atoms with van der Waals surface area (Å²) in [7, 11) is 1.56. The lowest BCUT2D eigenvalue weighted by Crippen LogP contribution is -2.24. The number of aromatic nitrogens is 2. The second-order valence-corrected chi connectivity index (χ2v) is 8.71. The zero-order valence-corrected chi connectivity index (χ0v) is 18.1. The van der Waals surface area contributed by atoms with E-state index in [4.69, 9.17) is 4.74 Å². The first-order valence-corrected chi connectivity index (χ1v) is 11.3. The normalized spacial score (nSPS) is 13.2. The number of methoxy groups -OCH3 is 1. The van der Waals surface area contributed by atoms with Crippen molar-refractivity contribution in [3.8, 4) is 16.9 Å². The maximum Gasteiger partial charge on any atom is 0.263 e. The highest BCUT2D eigenvalue weighted by Crippen LogP contribution is 2.33. The minimum Gasteiger partial charge on any atom is -0.497 e. The van der Waals surface area contributed by atoms with Gasteiger partial charge in [0.1, 0.15) is 10.6 Å². The molecular formula is C25H22N2O3S. The molecule has 0 saturated carbocycles. The van der Waals surface area contributed by atoms with E-state index in [1.54, 1.807) is 31.4 Å². The van der Waals surface area contributed by atoms with Crippen molar-refractivity contribution in [3.05, 3.63) is 81.2 Å². The molecule has 156 valence electrons. The van der Waals surface area contributed by atoms with Crippen LogP contribution in [0.5, 0.6) is 5.75 Å². The summed E-state index contributed by atoms with van der Waals surface area (Å²) in [4.78, 5) is 31.3. The van der Waals surface area contributed by atoms with Crippen molar-refractivity contribution in [1.29, 1.82) is 0 Å². The number of ether oxygens (including phenoxy) is 1. The fourth-order valence-electron chi connectivity index (χ4n) is 4.24. The molecule has 2 aromatic carbocycles. The van der Waals surface area contributed by atoms with Gasteiger partial charge >= 0.3 is 0 Å². The molecule has 0 saturated heterocycles. The number of thiophene rings is 1.